The van der Waals surface area contributed by atoms with Crippen LogP contribution in [0.2, 0.25) is 0 Å². The highest BCUT2D eigenvalue weighted by Crippen LogP contribution is 2.28. The Morgan fingerprint density at radius 2 is 2.00 bits per heavy atom. The van der Waals surface area contributed by atoms with E-state index in [-0.39, 0.29) is 40.4 Å². The lowest BCUT2D eigenvalue weighted by molar-refractivity contribution is 0.0919. The van der Waals surface area contributed by atoms with Gasteiger partial charge >= 0.3 is 0 Å². The van der Waals surface area contributed by atoms with Gasteiger partial charge in [-0.25, -0.2) is 4.39 Å². The van der Waals surface area contributed by atoms with Gasteiger partial charge in [0.25, 0.3) is 5.91 Å². The number of aryl methyl sites for hydroxylation is 1. The average Bonchev–Trinajstić information content (AvgIpc) is 2.86. The number of carbonyl (C=O) groups excluding carboxylic acids is 1. The summed E-state index contributed by atoms with van der Waals surface area (Å²) in [5.74, 6) is -0.702. The van der Waals surface area contributed by atoms with Crippen molar-refractivity contribution in [2.45, 2.75) is 39.8 Å². The van der Waals surface area contributed by atoms with Gasteiger partial charge in [0.15, 0.2) is 11.4 Å². The highest BCUT2D eigenvalue weighted by atomic mass is 32.2. The number of amides is 1. The molecule has 1 aliphatic rings. The summed E-state index contributed by atoms with van der Waals surface area (Å²) in [6, 6.07) is 14.1. The monoisotopic (exact) mass is 505 g/mol. The Balaban J connectivity index is 1.65. The molecule has 2 N–H and O–H groups in total. The van der Waals surface area contributed by atoms with Gasteiger partial charge in [0, 0.05) is 25.7 Å². The van der Waals surface area contributed by atoms with E-state index in [9.17, 15) is 14.0 Å². The van der Waals surface area contributed by atoms with Crippen molar-refractivity contribution in [3.63, 3.8) is 0 Å². The molecule has 8 heteroatoms. The van der Waals surface area contributed by atoms with E-state index in [1.807, 2.05) is 50.3 Å². The van der Waals surface area contributed by atoms with Crippen molar-refractivity contribution < 1.29 is 13.9 Å². The minimum absolute atomic E-state index is 0.0469. The number of halogens is 1. The van der Waals surface area contributed by atoms with Crippen LogP contribution in [0, 0.1) is 18.2 Å². The number of allylic oxidation sites excluding steroid dienone is 2. The van der Waals surface area contributed by atoms with E-state index >= 15 is 0 Å². The fourth-order valence-corrected chi connectivity index (χ4v) is 5.05. The highest BCUT2D eigenvalue weighted by Gasteiger charge is 2.27. The van der Waals surface area contributed by atoms with Crippen LogP contribution in [0.1, 0.15) is 46.1 Å². The summed E-state index contributed by atoms with van der Waals surface area (Å²) in [5.41, 5.74) is 2.53. The van der Waals surface area contributed by atoms with Crippen molar-refractivity contribution in [1.82, 2.24) is 9.88 Å². The quantitative estimate of drug-likeness (QED) is 0.325. The number of aromatic nitrogens is 1. The minimum Gasteiger partial charge on any atom is -0.483 e. The van der Waals surface area contributed by atoms with Crippen LogP contribution in [0.25, 0.3) is 0 Å². The second-order valence-corrected chi connectivity index (χ2v) is 9.67. The number of nitrogens with one attached hydrogen (secondary N) is 2. The van der Waals surface area contributed by atoms with Gasteiger partial charge in [-0.2, -0.15) is 0 Å². The first-order valence-corrected chi connectivity index (χ1v) is 12.6. The van der Waals surface area contributed by atoms with Crippen LogP contribution < -0.4 is 15.5 Å². The Bertz CT molecular complexity index is 1380. The van der Waals surface area contributed by atoms with Gasteiger partial charge in [-0.3, -0.25) is 15.0 Å². The third-order valence-electron chi connectivity index (χ3n) is 5.90. The molecule has 2 aromatic carbocycles. The molecule has 0 saturated heterocycles. The fourth-order valence-electron chi connectivity index (χ4n) is 4.06. The average molecular weight is 506 g/mol. The smallest absolute Gasteiger partial charge is 0.272 e. The van der Waals surface area contributed by atoms with Crippen molar-refractivity contribution in [1.29, 1.82) is 5.41 Å². The molecule has 0 fully saturated rings. The maximum atomic E-state index is 13.6. The van der Waals surface area contributed by atoms with Crippen LogP contribution in [0.15, 0.2) is 70.5 Å². The lowest BCUT2D eigenvalue weighted by Gasteiger charge is -2.23. The molecular formula is C28H28FN3O3S. The first kappa shape index (κ1) is 25.4. The number of thioether (sulfide) groups is 1. The van der Waals surface area contributed by atoms with Crippen molar-refractivity contribution in [3.8, 4) is 5.75 Å². The third kappa shape index (κ3) is 5.76. The topological polar surface area (TPSA) is 84.2 Å². The summed E-state index contributed by atoms with van der Waals surface area (Å²) in [6.07, 6.45) is 4.87. The number of benzene rings is 2. The SMILES string of the molecule is CC/C=C(\Cc1ccc(F)cc1C)SC(=N)c1cn2c(c(OCc3ccccc3)c1=O)C(=O)NCC2. The molecule has 0 atom stereocenters. The van der Waals surface area contributed by atoms with Gasteiger partial charge in [-0.15, -0.1) is 0 Å². The largest absolute Gasteiger partial charge is 0.483 e. The van der Waals surface area contributed by atoms with Gasteiger partial charge in [0.05, 0.1) is 5.56 Å². The zero-order chi connectivity index (χ0) is 25.7. The first-order chi connectivity index (χ1) is 17.4. The summed E-state index contributed by atoms with van der Waals surface area (Å²) in [6.45, 7) is 4.89. The Labute approximate surface area is 213 Å². The van der Waals surface area contributed by atoms with Crippen LogP contribution in [0.4, 0.5) is 4.39 Å². The minimum atomic E-state index is -0.486. The Hall–Kier alpha value is -3.65. The summed E-state index contributed by atoms with van der Waals surface area (Å²) in [7, 11) is 0. The molecular weight excluding hydrogens is 477 g/mol. The van der Waals surface area contributed by atoms with Gasteiger partial charge < -0.3 is 14.6 Å². The maximum Gasteiger partial charge on any atom is 0.272 e. The number of fused-ring (bicyclic) bond motifs is 1. The van der Waals surface area contributed by atoms with E-state index in [0.29, 0.717) is 19.5 Å². The number of ether oxygens (including phenoxy) is 1. The molecule has 1 aliphatic heterocycles. The summed E-state index contributed by atoms with van der Waals surface area (Å²) < 4.78 is 21.2. The summed E-state index contributed by atoms with van der Waals surface area (Å²) in [5, 5.41) is 11.6. The van der Waals surface area contributed by atoms with Crippen LogP contribution in [-0.4, -0.2) is 22.1 Å². The predicted molar refractivity (Wildman–Crippen MR) is 141 cm³/mol. The summed E-state index contributed by atoms with van der Waals surface area (Å²) >= 11 is 1.20. The predicted octanol–water partition coefficient (Wildman–Crippen LogP) is 5.21. The van der Waals surface area contributed by atoms with E-state index in [0.717, 1.165) is 28.0 Å². The number of pyridine rings is 1. The van der Waals surface area contributed by atoms with Gasteiger partial charge in [0.1, 0.15) is 17.5 Å². The third-order valence-corrected chi connectivity index (χ3v) is 6.89. The summed E-state index contributed by atoms with van der Waals surface area (Å²) in [4.78, 5) is 27.0. The van der Waals surface area contributed by atoms with Crippen LogP contribution in [0.3, 0.4) is 0 Å². The molecule has 0 unspecified atom stereocenters. The normalized spacial score (nSPS) is 13.2. The lowest BCUT2D eigenvalue weighted by atomic mass is 10.1. The Morgan fingerprint density at radius 3 is 2.72 bits per heavy atom. The Kier molecular flexibility index (Phi) is 8.05. The van der Waals surface area contributed by atoms with Crippen molar-refractivity contribution in [2.75, 3.05) is 6.54 Å². The van der Waals surface area contributed by atoms with Crippen LogP contribution >= 0.6 is 11.8 Å². The molecule has 6 nitrogen and oxygen atoms in total. The highest BCUT2D eigenvalue weighted by molar-refractivity contribution is 8.17. The number of nitrogens with zero attached hydrogens (tertiary/aromatic N) is 1. The molecule has 0 bridgehead atoms. The van der Waals surface area contributed by atoms with Crippen molar-refractivity contribution in [2.24, 2.45) is 0 Å². The maximum absolute atomic E-state index is 13.6. The fraction of sp³-hybridized carbons (Fsp3) is 0.250. The Morgan fingerprint density at radius 1 is 1.22 bits per heavy atom. The van der Waals surface area contributed by atoms with Crippen molar-refractivity contribution in [3.05, 3.63) is 110 Å². The van der Waals surface area contributed by atoms with E-state index in [4.69, 9.17) is 10.1 Å². The number of rotatable bonds is 8. The lowest BCUT2D eigenvalue weighted by Crippen LogP contribution is -2.39. The van der Waals surface area contributed by atoms with Gasteiger partial charge in [-0.1, -0.05) is 61.2 Å². The number of hydrogen-bond acceptors (Lipinski definition) is 5. The molecule has 1 amide bonds. The molecule has 0 aliphatic carbocycles. The van der Waals surface area contributed by atoms with E-state index in [1.165, 1.54) is 23.9 Å². The number of carbonyl (C=O) groups is 1. The van der Waals surface area contributed by atoms with E-state index < -0.39 is 5.43 Å². The standard InChI is InChI=1S/C28H28FN3O3S/c1-3-7-22(15-20-10-11-21(29)14-18(20)2)36-27(30)23-16-32-13-12-31-28(34)24(32)26(25(23)33)35-17-19-8-5-4-6-9-19/h4-11,14,16,30H,3,12-13,15,17H2,1-2H3,(H,31,34)/b22-7+,30-27?. The second-order valence-electron chi connectivity index (χ2n) is 8.53. The molecule has 0 radical (unpaired) electrons. The molecule has 0 spiro atoms. The first-order valence-electron chi connectivity index (χ1n) is 11.8. The molecule has 186 valence electrons. The second kappa shape index (κ2) is 11.4. The molecule has 2 heterocycles. The van der Waals surface area contributed by atoms with Crippen LogP contribution in [-0.2, 0) is 19.6 Å². The van der Waals surface area contributed by atoms with Crippen LogP contribution in [0.5, 0.6) is 5.75 Å². The zero-order valence-corrected chi connectivity index (χ0v) is 21.1. The number of hydrogen-bond donors (Lipinski definition) is 2. The van der Waals surface area contributed by atoms with E-state index in [1.54, 1.807) is 16.8 Å². The molecule has 0 saturated carbocycles. The van der Waals surface area contributed by atoms with E-state index in [2.05, 4.69) is 5.32 Å². The molecule has 3 aromatic rings. The molecule has 1 aromatic heterocycles. The molecule has 36 heavy (non-hydrogen) atoms. The van der Waals surface area contributed by atoms with Gasteiger partial charge in [0.2, 0.25) is 5.43 Å². The molecule has 4 rings (SSSR count). The van der Waals surface area contributed by atoms with Gasteiger partial charge in [-0.05, 0) is 47.1 Å². The van der Waals surface area contributed by atoms with Crippen molar-refractivity contribution >= 4 is 22.7 Å². The zero-order valence-electron chi connectivity index (χ0n) is 20.3.